The highest BCUT2D eigenvalue weighted by atomic mass is 32.2. The molecule has 122 valence electrons. The van der Waals surface area contributed by atoms with Gasteiger partial charge in [0.1, 0.15) is 0 Å². The van der Waals surface area contributed by atoms with Gasteiger partial charge in [0.05, 0.1) is 5.57 Å². The highest BCUT2D eigenvalue weighted by molar-refractivity contribution is 8.26. The molecule has 1 N–H and O–H groups in total. The van der Waals surface area contributed by atoms with Gasteiger partial charge in [-0.05, 0) is 43.2 Å². The Morgan fingerprint density at radius 1 is 1.17 bits per heavy atom. The molecule has 3 aliphatic heterocycles. The molecule has 1 aromatic carbocycles. The summed E-state index contributed by atoms with van der Waals surface area (Å²) in [7, 11) is 0. The van der Waals surface area contributed by atoms with Crippen molar-refractivity contribution >= 4 is 39.9 Å². The van der Waals surface area contributed by atoms with Crippen molar-refractivity contribution < 1.29 is 4.79 Å². The largest absolute Gasteiger partial charge is 0.349 e. The SMILES string of the molecule is Cc1ccc(/C=C2\C(=N)N3N=C(N4CCCC4)SC3=NC2=O)cc1. The fourth-order valence-corrected chi connectivity index (χ4v) is 3.79. The molecular weight excluding hydrogens is 322 g/mol. The molecule has 6 nitrogen and oxygen atoms in total. The average Bonchev–Trinajstić information content (AvgIpc) is 3.22. The number of carbonyl (C=O) groups excluding carboxylic acids is 1. The maximum atomic E-state index is 12.3. The van der Waals surface area contributed by atoms with Crippen LogP contribution in [0.15, 0.2) is 39.9 Å². The minimum Gasteiger partial charge on any atom is -0.349 e. The number of rotatable bonds is 1. The average molecular weight is 339 g/mol. The molecule has 1 fully saturated rings. The number of benzene rings is 1. The number of nitrogens with zero attached hydrogens (tertiary/aromatic N) is 4. The third-order valence-corrected chi connectivity index (χ3v) is 5.18. The second kappa shape index (κ2) is 5.90. The van der Waals surface area contributed by atoms with Crippen molar-refractivity contribution in [2.45, 2.75) is 19.8 Å². The van der Waals surface area contributed by atoms with Crippen molar-refractivity contribution in [3.05, 3.63) is 41.0 Å². The van der Waals surface area contributed by atoms with E-state index in [1.54, 1.807) is 6.08 Å². The number of hydrogen-bond donors (Lipinski definition) is 1. The van der Waals surface area contributed by atoms with Crippen LogP contribution in [0.4, 0.5) is 0 Å². The van der Waals surface area contributed by atoms with Crippen LogP contribution < -0.4 is 0 Å². The van der Waals surface area contributed by atoms with E-state index in [0.29, 0.717) is 5.17 Å². The van der Waals surface area contributed by atoms with E-state index in [1.807, 2.05) is 31.2 Å². The van der Waals surface area contributed by atoms with Gasteiger partial charge in [-0.3, -0.25) is 10.2 Å². The molecule has 0 unspecified atom stereocenters. The van der Waals surface area contributed by atoms with E-state index in [0.717, 1.165) is 42.2 Å². The molecule has 0 atom stereocenters. The van der Waals surface area contributed by atoms with Gasteiger partial charge in [-0.15, -0.1) is 5.10 Å². The van der Waals surface area contributed by atoms with E-state index in [-0.39, 0.29) is 17.3 Å². The number of aryl methyl sites for hydroxylation is 1. The van der Waals surface area contributed by atoms with Gasteiger partial charge in [0.15, 0.2) is 11.0 Å². The lowest BCUT2D eigenvalue weighted by Gasteiger charge is -2.19. The molecule has 1 saturated heterocycles. The molecule has 0 spiro atoms. The molecular formula is C17H17N5OS. The zero-order chi connectivity index (χ0) is 16.7. The maximum absolute atomic E-state index is 12.3. The van der Waals surface area contributed by atoms with Gasteiger partial charge in [-0.2, -0.15) is 10.0 Å². The van der Waals surface area contributed by atoms with Crippen LogP contribution in [0.1, 0.15) is 24.0 Å². The Labute approximate surface area is 144 Å². The first-order valence-electron chi connectivity index (χ1n) is 7.94. The van der Waals surface area contributed by atoms with Gasteiger partial charge >= 0.3 is 0 Å². The van der Waals surface area contributed by atoms with Crippen LogP contribution in [-0.4, -0.2) is 45.1 Å². The van der Waals surface area contributed by atoms with Crippen LogP contribution in [0, 0.1) is 12.3 Å². The summed E-state index contributed by atoms with van der Waals surface area (Å²) >= 11 is 1.37. The summed E-state index contributed by atoms with van der Waals surface area (Å²) in [6, 6.07) is 7.82. The zero-order valence-electron chi connectivity index (χ0n) is 13.3. The minimum atomic E-state index is -0.378. The summed E-state index contributed by atoms with van der Waals surface area (Å²) in [5.41, 5.74) is 2.30. The van der Waals surface area contributed by atoms with Crippen molar-refractivity contribution in [1.29, 1.82) is 5.41 Å². The summed E-state index contributed by atoms with van der Waals surface area (Å²) in [5, 5.41) is 15.7. The second-order valence-corrected chi connectivity index (χ2v) is 6.94. The van der Waals surface area contributed by atoms with Gasteiger partial charge in [-0.1, -0.05) is 29.8 Å². The summed E-state index contributed by atoms with van der Waals surface area (Å²) in [4.78, 5) is 18.7. The molecule has 7 heteroatoms. The number of hydrogen-bond acceptors (Lipinski definition) is 5. The Hall–Kier alpha value is -2.41. The van der Waals surface area contributed by atoms with Gasteiger partial charge in [0, 0.05) is 13.1 Å². The molecule has 0 radical (unpaired) electrons. The smallest absolute Gasteiger partial charge is 0.283 e. The zero-order valence-corrected chi connectivity index (χ0v) is 14.1. The van der Waals surface area contributed by atoms with E-state index in [1.165, 1.54) is 16.8 Å². The predicted octanol–water partition coefficient (Wildman–Crippen LogP) is 2.67. The second-order valence-electron chi connectivity index (χ2n) is 6.01. The number of likely N-dealkylation sites (tertiary alicyclic amines) is 1. The number of nitrogens with one attached hydrogen (secondary N) is 1. The quantitative estimate of drug-likeness (QED) is 0.799. The number of carbonyl (C=O) groups is 1. The number of amidine groups is 3. The Balaban J connectivity index is 1.64. The fraction of sp³-hybridized carbons (Fsp3) is 0.294. The molecule has 24 heavy (non-hydrogen) atoms. The molecule has 0 bridgehead atoms. The molecule has 1 aromatic rings. The normalized spacial score (nSPS) is 22.1. The molecule has 3 heterocycles. The first-order chi connectivity index (χ1) is 11.6. The first-order valence-corrected chi connectivity index (χ1v) is 8.75. The van der Waals surface area contributed by atoms with E-state index < -0.39 is 0 Å². The van der Waals surface area contributed by atoms with Crippen LogP contribution in [-0.2, 0) is 4.79 Å². The molecule has 0 aromatic heterocycles. The Morgan fingerprint density at radius 3 is 2.58 bits per heavy atom. The number of aliphatic imine (C=N–C) groups is 1. The van der Waals surface area contributed by atoms with Gasteiger partial charge in [0.25, 0.3) is 5.91 Å². The van der Waals surface area contributed by atoms with Crippen molar-refractivity contribution in [2.75, 3.05) is 13.1 Å². The summed E-state index contributed by atoms with van der Waals surface area (Å²) in [6.07, 6.45) is 4.01. The highest BCUT2D eigenvalue weighted by Crippen LogP contribution is 2.30. The fourth-order valence-electron chi connectivity index (χ4n) is 2.85. The predicted molar refractivity (Wildman–Crippen MR) is 97.0 cm³/mol. The molecule has 0 saturated carbocycles. The van der Waals surface area contributed by atoms with Gasteiger partial charge < -0.3 is 4.90 Å². The Bertz CT molecular complexity index is 803. The van der Waals surface area contributed by atoms with Crippen LogP contribution >= 0.6 is 11.8 Å². The number of hydrazone groups is 1. The summed E-state index contributed by atoms with van der Waals surface area (Å²) in [6.45, 7) is 3.96. The summed E-state index contributed by atoms with van der Waals surface area (Å²) in [5.74, 6) is -0.288. The number of fused-ring (bicyclic) bond motifs is 1. The van der Waals surface area contributed by atoms with Crippen LogP contribution in [0.3, 0.4) is 0 Å². The lowest BCUT2D eigenvalue weighted by atomic mass is 10.1. The molecule has 1 amide bonds. The third kappa shape index (κ3) is 2.65. The molecule has 4 rings (SSSR count). The van der Waals surface area contributed by atoms with Crippen molar-refractivity contribution in [3.63, 3.8) is 0 Å². The van der Waals surface area contributed by atoms with Crippen LogP contribution in [0.5, 0.6) is 0 Å². The minimum absolute atomic E-state index is 0.0901. The van der Waals surface area contributed by atoms with E-state index in [4.69, 9.17) is 5.41 Å². The lowest BCUT2D eigenvalue weighted by Crippen LogP contribution is -2.35. The number of amides is 1. The Kier molecular flexibility index (Phi) is 3.72. The standard InChI is InChI=1S/C17H17N5OS/c1-11-4-6-12(7-5-11)10-13-14(18)22-16(19-15(13)23)24-17(20-22)21-8-2-3-9-21/h4-7,10,18H,2-3,8-9H2,1H3/b13-10+,18-14?. The molecule has 3 aliphatic rings. The topological polar surface area (TPSA) is 72.1 Å². The number of thioether (sulfide) groups is 1. The first kappa shape index (κ1) is 15.1. The van der Waals surface area contributed by atoms with Gasteiger partial charge in [-0.25, -0.2) is 0 Å². The van der Waals surface area contributed by atoms with Crippen LogP contribution in [0.2, 0.25) is 0 Å². The van der Waals surface area contributed by atoms with E-state index in [2.05, 4.69) is 15.0 Å². The van der Waals surface area contributed by atoms with Crippen molar-refractivity contribution in [1.82, 2.24) is 9.91 Å². The van der Waals surface area contributed by atoms with Crippen LogP contribution in [0.25, 0.3) is 6.08 Å². The molecule has 0 aliphatic carbocycles. The van der Waals surface area contributed by atoms with E-state index >= 15 is 0 Å². The third-order valence-electron chi connectivity index (χ3n) is 4.21. The summed E-state index contributed by atoms with van der Waals surface area (Å²) < 4.78 is 0. The van der Waals surface area contributed by atoms with Crippen molar-refractivity contribution in [3.8, 4) is 0 Å². The van der Waals surface area contributed by atoms with Crippen molar-refractivity contribution in [2.24, 2.45) is 10.1 Å². The lowest BCUT2D eigenvalue weighted by molar-refractivity contribution is -0.114. The Morgan fingerprint density at radius 2 is 1.88 bits per heavy atom. The highest BCUT2D eigenvalue weighted by Gasteiger charge is 2.37. The van der Waals surface area contributed by atoms with Gasteiger partial charge in [0.2, 0.25) is 5.17 Å². The maximum Gasteiger partial charge on any atom is 0.283 e. The monoisotopic (exact) mass is 339 g/mol. The van der Waals surface area contributed by atoms with E-state index in [9.17, 15) is 4.79 Å².